The second-order valence-electron chi connectivity index (χ2n) is 7.33. The monoisotopic (exact) mass is 340 g/mol. The van der Waals surface area contributed by atoms with Crippen molar-refractivity contribution in [1.82, 2.24) is 9.55 Å². The number of H-pyrrole nitrogens is 1. The number of aromatic nitrogens is 2. The SMILES string of the molecule is CCCCCCn1ccc2c3ccc4c5cc[nH]c5ccc4c3ccc21. The van der Waals surface area contributed by atoms with Gasteiger partial charge in [0.1, 0.15) is 0 Å². The Morgan fingerprint density at radius 2 is 1.42 bits per heavy atom. The Labute approximate surface area is 153 Å². The third-order valence-electron chi connectivity index (χ3n) is 5.73. The van der Waals surface area contributed by atoms with E-state index in [9.17, 15) is 0 Å². The van der Waals surface area contributed by atoms with Gasteiger partial charge in [-0.05, 0) is 52.2 Å². The number of rotatable bonds is 5. The van der Waals surface area contributed by atoms with Crippen molar-refractivity contribution in [2.75, 3.05) is 0 Å². The Hall–Kier alpha value is -2.74. The Balaban J connectivity index is 1.66. The fourth-order valence-electron chi connectivity index (χ4n) is 4.35. The number of nitrogens with zero attached hydrogens (tertiary/aromatic N) is 1. The van der Waals surface area contributed by atoms with Crippen molar-refractivity contribution < 1.29 is 0 Å². The van der Waals surface area contributed by atoms with E-state index in [2.05, 4.69) is 71.2 Å². The van der Waals surface area contributed by atoms with Crippen LogP contribution in [0.25, 0.3) is 43.4 Å². The number of nitrogens with one attached hydrogen (secondary N) is 1. The first-order chi connectivity index (χ1) is 12.9. The number of unbranched alkanes of at least 4 members (excludes halogenated alkanes) is 3. The van der Waals surface area contributed by atoms with Crippen LogP contribution in [0.1, 0.15) is 32.6 Å². The second-order valence-corrected chi connectivity index (χ2v) is 7.33. The zero-order valence-electron chi connectivity index (χ0n) is 15.3. The first-order valence-corrected chi connectivity index (χ1v) is 9.77. The predicted octanol–water partition coefficient (Wildman–Crippen LogP) is 7.01. The van der Waals surface area contributed by atoms with Crippen molar-refractivity contribution in [3.8, 4) is 0 Å². The molecule has 0 bridgehead atoms. The van der Waals surface area contributed by atoms with Gasteiger partial charge < -0.3 is 9.55 Å². The van der Waals surface area contributed by atoms with Crippen molar-refractivity contribution in [2.24, 2.45) is 0 Å². The fourth-order valence-corrected chi connectivity index (χ4v) is 4.35. The highest BCUT2D eigenvalue weighted by molar-refractivity contribution is 6.21. The molecule has 0 spiro atoms. The van der Waals surface area contributed by atoms with Crippen molar-refractivity contribution >= 4 is 43.4 Å². The Morgan fingerprint density at radius 3 is 2.27 bits per heavy atom. The molecule has 0 amide bonds. The van der Waals surface area contributed by atoms with Gasteiger partial charge in [-0.15, -0.1) is 0 Å². The minimum absolute atomic E-state index is 1.12. The number of hydrogen-bond donors (Lipinski definition) is 1. The van der Waals surface area contributed by atoms with Crippen LogP contribution in [0.2, 0.25) is 0 Å². The van der Waals surface area contributed by atoms with Gasteiger partial charge in [0, 0.05) is 40.7 Å². The molecule has 0 atom stereocenters. The molecule has 0 saturated carbocycles. The molecule has 5 aromatic rings. The lowest BCUT2D eigenvalue weighted by molar-refractivity contribution is 0.594. The van der Waals surface area contributed by atoms with Gasteiger partial charge in [0.05, 0.1) is 0 Å². The third kappa shape index (κ3) is 2.33. The molecule has 5 rings (SSSR count). The number of hydrogen-bond acceptors (Lipinski definition) is 0. The smallest absolute Gasteiger partial charge is 0.0486 e. The highest BCUT2D eigenvalue weighted by atomic mass is 14.9. The topological polar surface area (TPSA) is 20.7 Å². The lowest BCUT2D eigenvalue weighted by Crippen LogP contribution is -1.95. The molecule has 0 aliphatic carbocycles. The molecule has 2 heteroatoms. The zero-order chi connectivity index (χ0) is 17.5. The van der Waals surface area contributed by atoms with Crippen molar-refractivity contribution in [3.05, 3.63) is 60.9 Å². The van der Waals surface area contributed by atoms with Gasteiger partial charge in [-0.3, -0.25) is 0 Å². The number of aryl methyl sites for hydroxylation is 1. The highest BCUT2D eigenvalue weighted by Crippen LogP contribution is 2.34. The fraction of sp³-hybridized carbons (Fsp3) is 0.250. The molecule has 0 unspecified atom stereocenters. The first kappa shape index (κ1) is 15.5. The van der Waals surface area contributed by atoms with Gasteiger partial charge in [0.15, 0.2) is 0 Å². The zero-order valence-corrected chi connectivity index (χ0v) is 15.3. The van der Waals surface area contributed by atoms with Crippen LogP contribution in [0, 0.1) is 0 Å². The quantitative estimate of drug-likeness (QED) is 0.262. The van der Waals surface area contributed by atoms with Crippen LogP contribution in [0.5, 0.6) is 0 Å². The average molecular weight is 340 g/mol. The molecule has 0 fully saturated rings. The summed E-state index contributed by atoms with van der Waals surface area (Å²) in [5, 5.41) is 8.05. The standard InChI is InChI=1S/C24H24N2/c1-2-3-4-5-15-26-16-13-22-20-7-6-19-17(18(20)9-11-24(22)26)8-10-23-21(19)12-14-25-23/h6-14,16,25H,2-5,15H2,1H3. The molecule has 2 nitrogen and oxygen atoms in total. The van der Waals surface area contributed by atoms with Crippen LogP contribution < -0.4 is 0 Å². The summed E-state index contributed by atoms with van der Waals surface area (Å²) in [5.41, 5.74) is 2.56. The molecule has 0 aliphatic heterocycles. The number of aromatic amines is 1. The first-order valence-electron chi connectivity index (χ1n) is 9.77. The maximum absolute atomic E-state index is 3.32. The lowest BCUT2D eigenvalue weighted by Gasteiger charge is -2.09. The molecular weight excluding hydrogens is 316 g/mol. The number of fused-ring (bicyclic) bond motifs is 7. The van der Waals surface area contributed by atoms with Gasteiger partial charge >= 0.3 is 0 Å². The molecular formula is C24H24N2. The van der Waals surface area contributed by atoms with E-state index in [0.717, 1.165) is 6.54 Å². The van der Waals surface area contributed by atoms with Crippen LogP contribution in [0.3, 0.4) is 0 Å². The average Bonchev–Trinajstić information content (AvgIpc) is 3.31. The molecule has 2 heterocycles. The van der Waals surface area contributed by atoms with E-state index >= 15 is 0 Å². The summed E-state index contributed by atoms with van der Waals surface area (Å²) >= 11 is 0. The molecule has 2 aromatic heterocycles. The van der Waals surface area contributed by atoms with E-state index in [1.807, 2.05) is 6.20 Å². The summed E-state index contributed by atoms with van der Waals surface area (Å²) < 4.78 is 2.42. The molecule has 26 heavy (non-hydrogen) atoms. The third-order valence-corrected chi connectivity index (χ3v) is 5.73. The maximum atomic E-state index is 3.32. The van der Waals surface area contributed by atoms with Crippen LogP contribution >= 0.6 is 0 Å². The van der Waals surface area contributed by atoms with E-state index in [0.29, 0.717) is 0 Å². The molecule has 3 aromatic carbocycles. The Morgan fingerprint density at radius 1 is 0.692 bits per heavy atom. The van der Waals surface area contributed by atoms with E-state index in [1.54, 1.807) is 0 Å². The van der Waals surface area contributed by atoms with E-state index < -0.39 is 0 Å². The predicted molar refractivity (Wildman–Crippen MR) is 113 cm³/mol. The minimum Gasteiger partial charge on any atom is -0.361 e. The second kappa shape index (κ2) is 6.21. The summed E-state index contributed by atoms with van der Waals surface area (Å²) in [7, 11) is 0. The summed E-state index contributed by atoms with van der Waals surface area (Å²) in [6.45, 7) is 3.38. The molecule has 1 N–H and O–H groups in total. The highest BCUT2D eigenvalue weighted by Gasteiger charge is 2.09. The van der Waals surface area contributed by atoms with Crippen LogP contribution in [0.4, 0.5) is 0 Å². The lowest BCUT2D eigenvalue weighted by atomic mass is 9.98. The maximum Gasteiger partial charge on any atom is 0.0486 e. The molecule has 0 aliphatic rings. The van der Waals surface area contributed by atoms with E-state index in [4.69, 9.17) is 0 Å². The van der Waals surface area contributed by atoms with Crippen LogP contribution in [-0.2, 0) is 6.54 Å². The normalized spacial score (nSPS) is 12.0. The summed E-state index contributed by atoms with van der Waals surface area (Å²) in [5.74, 6) is 0. The van der Waals surface area contributed by atoms with Crippen molar-refractivity contribution in [3.63, 3.8) is 0 Å². The summed E-state index contributed by atoms with van der Waals surface area (Å²) in [4.78, 5) is 3.32. The van der Waals surface area contributed by atoms with Gasteiger partial charge in [0.2, 0.25) is 0 Å². The Bertz CT molecular complexity index is 1220. The Kier molecular flexibility index (Phi) is 3.70. The molecule has 0 saturated heterocycles. The van der Waals surface area contributed by atoms with Gasteiger partial charge in [-0.25, -0.2) is 0 Å². The van der Waals surface area contributed by atoms with Gasteiger partial charge in [-0.2, -0.15) is 0 Å². The van der Waals surface area contributed by atoms with Crippen LogP contribution in [0.15, 0.2) is 60.9 Å². The largest absolute Gasteiger partial charge is 0.361 e. The number of benzene rings is 3. The van der Waals surface area contributed by atoms with E-state index in [1.165, 1.54) is 69.0 Å². The van der Waals surface area contributed by atoms with Crippen molar-refractivity contribution in [2.45, 2.75) is 39.2 Å². The summed E-state index contributed by atoms with van der Waals surface area (Å²) in [6, 6.07) is 18.1. The molecule has 0 radical (unpaired) electrons. The van der Waals surface area contributed by atoms with Crippen molar-refractivity contribution in [1.29, 1.82) is 0 Å². The van der Waals surface area contributed by atoms with Gasteiger partial charge in [-0.1, -0.05) is 50.5 Å². The minimum atomic E-state index is 1.12. The summed E-state index contributed by atoms with van der Waals surface area (Å²) in [6.07, 6.45) is 9.49. The van der Waals surface area contributed by atoms with Crippen LogP contribution in [-0.4, -0.2) is 9.55 Å². The van der Waals surface area contributed by atoms with E-state index in [-0.39, 0.29) is 0 Å². The molecule has 130 valence electrons. The van der Waals surface area contributed by atoms with Gasteiger partial charge in [0.25, 0.3) is 0 Å².